The Labute approximate surface area is 139 Å². The molecule has 1 aliphatic rings. The molecule has 0 saturated carbocycles. The number of rotatable bonds is 5. The van der Waals surface area contributed by atoms with Gasteiger partial charge in [-0.15, -0.1) is 0 Å². The molecule has 0 aromatic heterocycles. The third kappa shape index (κ3) is 3.63. The number of nitrogens with two attached hydrogens (primary N) is 1. The molecule has 1 heterocycles. The summed E-state index contributed by atoms with van der Waals surface area (Å²) in [4.78, 5) is 0.0876. The van der Waals surface area contributed by atoms with Crippen LogP contribution in [0.25, 0.3) is 0 Å². The molecule has 2 rings (SSSR count). The van der Waals surface area contributed by atoms with Crippen LogP contribution in [0.4, 0.5) is 0 Å². The number of unbranched alkanes of at least 4 members (excludes halogenated alkanes) is 1. The summed E-state index contributed by atoms with van der Waals surface area (Å²) in [6, 6.07) is 5.16. The highest BCUT2D eigenvalue weighted by Crippen LogP contribution is 2.37. The molecule has 0 atom stereocenters. The number of benzene rings is 1. The van der Waals surface area contributed by atoms with E-state index in [-0.39, 0.29) is 4.90 Å². The van der Waals surface area contributed by atoms with Crippen molar-refractivity contribution in [1.82, 2.24) is 0 Å². The lowest BCUT2D eigenvalue weighted by Gasteiger charge is -2.32. The second-order valence-corrected chi connectivity index (χ2v) is 8.60. The van der Waals surface area contributed by atoms with Gasteiger partial charge in [0.25, 0.3) is 0 Å². The van der Waals surface area contributed by atoms with E-state index < -0.39 is 28.3 Å². The van der Waals surface area contributed by atoms with Gasteiger partial charge in [-0.3, -0.25) is 0 Å². The lowest BCUT2D eigenvalue weighted by Crippen LogP contribution is -2.41. The number of sulfonamides is 1. The maximum Gasteiger partial charge on any atom is 0.496 e. The molecule has 23 heavy (non-hydrogen) atoms. The largest absolute Gasteiger partial charge is 0.496 e. The summed E-state index contributed by atoms with van der Waals surface area (Å²) < 4.78 is 36.2. The van der Waals surface area contributed by atoms with Crippen molar-refractivity contribution in [1.29, 1.82) is 0 Å². The Morgan fingerprint density at radius 3 is 2.17 bits per heavy atom. The van der Waals surface area contributed by atoms with E-state index in [1.54, 1.807) is 6.07 Å². The molecule has 5 nitrogen and oxygen atoms in total. The van der Waals surface area contributed by atoms with E-state index in [0.717, 1.165) is 24.8 Å². The molecular formula is C16H26BNO4S. The van der Waals surface area contributed by atoms with Crippen LogP contribution in [0.2, 0.25) is 0 Å². The summed E-state index contributed by atoms with van der Waals surface area (Å²) in [7, 11) is -4.59. The second kappa shape index (κ2) is 6.20. The van der Waals surface area contributed by atoms with Crippen molar-refractivity contribution in [2.75, 3.05) is 0 Å². The summed E-state index contributed by atoms with van der Waals surface area (Å²) in [6.07, 6.45) is 2.74. The number of hydrogen-bond acceptors (Lipinski definition) is 4. The van der Waals surface area contributed by atoms with Crippen LogP contribution in [-0.4, -0.2) is 26.7 Å². The van der Waals surface area contributed by atoms with E-state index in [4.69, 9.17) is 14.4 Å². The average Bonchev–Trinajstić information content (AvgIpc) is 2.63. The van der Waals surface area contributed by atoms with Gasteiger partial charge in [-0.25, -0.2) is 13.6 Å². The van der Waals surface area contributed by atoms with Gasteiger partial charge < -0.3 is 9.31 Å². The molecule has 7 heteroatoms. The zero-order valence-corrected chi connectivity index (χ0v) is 15.4. The van der Waals surface area contributed by atoms with E-state index in [1.165, 1.54) is 6.07 Å². The lowest BCUT2D eigenvalue weighted by atomic mass is 9.75. The topological polar surface area (TPSA) is 78.6 Å². The fourth-order valence-electron chi connectivity index (χ4n) is 2.65. The van der Waals surface area contributed by atoms with Gasteiger partial charge in [-0.2, -0.15) is 0 Å². The zero-order valence-electron chi connectivity index (χ0n) is 14.5. The molecule has 0 unspecified atom stereocenters. The highest BCUT2D eigenvalue weighted by Gasteiger charge is 2.53. The van der Waals surface area contributed by atoms with Crippen LogP contribution >= 0.6 is 0 Å². The maximum absolute atomic E-state index is 12.0. The summed E-state index contributed by atoms with van der Waals surface area (Å²) in [5.41, 5.74) is 0.384. The highest BCUT2D eigenvalue weighted by molar-refractivity contribution is 7.89. The van der Waals surface area contributed by atoms with Crippen molar-refractivity contribution >= 4 is 22.6 Å². The Morgan fingerprint density at radius 2 is 1.70 bits per heavy atom. The third-order valence-corrected chi connectivity index (χ3v) is 5.72. The molecule has 0 radical (unpaired) electrons. The van der Waals surface area contributed by atoms with Crippen LogP contribution < -0.4 is 10.6 Å². The van der Waals surface area contributed by atoms with Crippen LogP contribution in [0.3, 0.4) is 0 Å². The fourth-order valence-corrected chi connectivity index (χ4v) is 3.45. The van der Waals surface area contributed by atoms with Crippen molar-refractivity contribution in [2.24, 2.45) is 5.14 Å². The minimum atomic E-state index is -3.85. The van der Waals surface area contributed by atoms with E-state index >= 15 is 0 Å². The van der Waals surface area contributed by atoms with Crippen LogP contribution in [-0.2, 0) is 25.8 Å². The Bertz CT molecular complexity index is 669. The molecular weight excluding hydrogens is 313 g/mol. The number of primary sulfonamides is 1. The molecule has 0 amide bonds. The summed E-state index contributed by atoms with van der Waals surface area (Å²) in [5, 5.41) is 5.42. The Kier molecular flexibility index (Phi) is 4.98. The first kappa shape index (κ1) is 18.5. The number of aryl methyl sites for hydroxylation is 1. The van der Waals surface area contributed by atoms with E-state index in [9.17, 15) is 8.42 Å². The molecule has 128 valence electrons. The zero-order chi connectivity index (χ0) is 17.5. The van der Waals surface area contributed by atoms with Crippen LogP contribution in [0, 0.1) is 0 Å². The van der Waals surface area contributed by atoms with Gasteiger partial charge in [0.05, 0.1) is 16.1 Å². The molecule has 0 aliphatic carbocycles. The lowest BCUT2D eigenvalue weighted by molar-refractivity contribution is 0.00578. The fraction of sp³-hybridized carbons (Fsp3) is 0.625. The minimum Gasteiger partial charge on any atom is -0.399 e. The SMILES string of the molecule is CCCCc1cccc(S(N)(=O)=O)c1B1OC(C)(C)C(C)(C)O1. The van der Waals surface area contributed by atoms with Crippen molar-refractivity contribution in [3.63, 3.8) is 0 Å². The van der Waals surface area contributed by atoms with Gasteiger partial charge in [-0.05, 0) is 52.2 Å². The van der Waals surface area contributed by atoms with Crippen molar-refractivity contribution in [2.45, 2.75) is 70.0 Å². The first-order valence-corrected chi connectivity index (χ1v) is 9.54. The predicted octanol–water partition coefficient (Wildman–Crippen LogP) is 1.98. The molecule has 0 bridgehead atoms. The highest BCUT2D eigenvalue weighted by atomic mass is 32.2. The smallest absolute Gasteiger partial charge is 0.399 e. The van der Waals surface area contributed by atoms with Crippen LogP contribution in [0.1, 0.15) is 53.0 Å². The third-order valence-electron chi connectivity index (χ3n) is 4.75. The van der Waals surface area contributed by atoms with Gasteiger partial charge in [0.1, 0.15) is 0 Å². The van der Waals surface area contributed by atoms with Gasteiger partial charge in [0, 0.05) is 5.46 Å². The molecule has 1 aromatic rings. The minimum absolute atomic E-state index is 0.0876. The van der Waals surface area contributed by atoms with Gasteiger partial charge >= 0.3 is 7.12 Å². The standard InChI is InChI=1S/C16H26BNO4S/c1-6-7-9-12-10-8-11-13(23(18,19)20)14(12)17-21-15(2,3)16(4,5)22-17/h8,10-11H,6-7,9H2,1-5H3,(H2,18,19,20). The van der Waals surface area contributed by atoms with Crippen molar-refractivity contribution < 1.29 is 17.7 Å². The average molecular weight is 339 g/mol. The Balaban J connectivity index is 2.55. The molecule has 1 aromatic carbocycles. The molecule has 1 saturated heterocycles. The summed E-state index contributed by atoms with van der Waals surface area (Å²) >= 11 is 0. The van der Waals surface area contributed by atoms with Gasteiger partial charge in [0.2, 0.25) is 10.0 Å². The Morgan fingerprint density at radius 1 is 1.13 bits per heavy atom. The molecule has 1 aliphatic heterocycles. The van der Waals surface area contributed by atoms with Crippen molar-refractivity contribution in [3.8, 4) is 0 Å². The van der Waals surface area contributed by atoms with E-state index in [0.29, 0.717) is 5.46 Å². The second-order valence-electron chi connectivity index (χ2n) is 7.07. The summed E-state index contributed by atoms with van der Waals surface area (Å²) in [5.74, 6) is 0. The predicted molar refractivity (Wildman–Crippen MR) is 92.1 cm³/mol. The van der Waals surface area contributed by atoms with Gasteiger partial charge in [0.15, 0.2) is 0 Å². The molecule has 1 fully saturated rings. The molecule has 0 spiro atoms. The quantitative estimate of drug-likeness (QED) is 0.832. The normalized spacial score (nSPS) is 20.0. The molecule has 2 N–H and O–H groups in total. The first-order valence-electron chi connectivity index (χ1n) is 8.00. The van der Waals surface area contributed by atoms with E-state index in [2.05, 4.69) is 6.92 Å². The summed E-state index contributed by atoms with van der Waals surface area (Å²) in [6.45, 7) is 9.87. The Hall–Kier alpha value is -0.885. The number of hydrogen-bond donors (Lipinski definition) is 1. The van der Waals surface area contributed by atoms with E-state index in [1.807, 2.05) is 33.8 Å². The van der Waals surface area contributed by atoms with Crippen LogP contribution in [0.5, 0.6) is 0 Å². The maximum atomic E-state index is 12.0. The van der Waals surface area contributed by atoms with Gasteiger partial charge in [-0.1, -0.05) is 25.5 Å². The first-order chi connectivity index (χ1) is 10.5. The monoisotopic (exact) mass is 339 g/mol. The van der Waals surface area contributed by atoms with Crippen LogP contribution in [0.15, 0.2) is 23.1 Å². The van der Waals surface area contributed by atoms with Crippen molar-refractivity contribution in [3.05, 3.63) is 23.8 Å².